The van der Waals surface area contributed by atoms with E-state index in [2.05, 4.69) is 19.1 Å². The molecule has 2 fully saturated rings. The summed E-state index contributed by atoms with van der Waals surface area (Å²) in [5, 5.41) is 0. The zero-order valence-corrected chi connectivity index (χ0v) is 13.6. The molecule has 21 heavy (non-hydrogen) atoms. The van der Waals surface area contributed by atoms with Crippen LogP contribution in [0.4, 0.5) is 0 Å². The fraction of sp³-hybridized carbons (Fsp3) is 0.611. The number of thioether (sulfide) groups is 1. The summed E-state index contributed by atoms with van der Waals surface area (Å²) in [7, 11) is 0. The van der Waals surface area contributed by atoms with Crippen molar-refractivity contribution in [3.8, 4) is 0 Å². The number of carbonyl (C=O) groups excluding carboxylic acids is 1. The molecular formula is C18H24O2S. The van der Waals surface area contributed by atoms with Crippen molar-refractivity contribution in [2.24, 2.45) is 5.92 Å². The standard InChI is InChI=1S/C18H24O2S/c1-2-14-3-5-15(6-4-14)17(19)16-7-10-20-18(13-16)8-11-21-12-9-18/h3-6,16H,2,7-13H2,1H3. The highest BCUT2D eigenvalue weighted by molar-refractivity contribution is 7.99. The van der Waals surface area contributed by atoms with Crippen LogP contribution in [0.3, 0.4) is 0 Å². The van der Waals surface area contributed by atoms with E-state index in [0.29, 0.717) is 5.78 Å². The number of aryl methyl sites for hydroxylation is 1. The minimum absolute atomic E-state index is 0.00676. The van der Waals surface area contributed by atoms with Crippen LogP contribution in [0.25, 0.3) is 0 Å². The van der Waals surface area contributed by atoms with Crippen LogP contribution in [0.5, 0.6) is 0 Å². The van der Waals surface area contributed by atoms with E-state index in [0.717, 1.165) is 44.3 Å². The maximum Gasteiger partial charge on any atom is 0.166 e. The Bertz CT molecular complexity index is 483. The van der Waals surface area contributed by atoms with Crippen LogP contribution in [-0.2, 0) is 11.2 Å². The van der Waals surface area contributed by atoms with Gasteiger partial charge in [-0.1, -0.05) is 31.2 Å². The highest BCUT2D eigenvalue weighted by atomic mass is 32.2. The summed E-state index contributed by atoms with van der Waals surface area (Å²) >= 11 is 2.01. The molecule has 3 rings (SSSR count). The molecule has 0 aromatic heterocycles. The molecule has 1 aromatic rings. The second-order valence-electron chi connectivity index (χ2n) is 6.25. The zero-order chi connectivity index (χ0) is 14.7. The topological polar surface area (TPSA) is 26.3 Å². The third kappa shape index (κ3) is 3.35. The minimum Gasteiger partial charge on any atom is -0.375 e. The molecule has 0 saturated carbocycles. The Morgan fingerprint density at radius 2 is 2.00 bits per heavy atom. The SMILES string of the molecule is CCc1ccc(C(=O)C2CCOC3(CCSCC3)C2)cc1. The van der Waals surface area contributed by atoms with Gasteiger partial charge in [-0.15, -0.1) is 0 Å². The third-order valence-corrected chi connectivity index (χ3v) is 5.90. The monoisotopic (exact) mass is 304 g/mol. The predicted molar refractivity (Wildman–Crippen MR) is 88.1 cm³/mol. The Labute approximate surface area is 131 Å². The van der Waals surface area contributed by atoms with Crippen molar-refractivity contribution >= 4 is 17.5 Å². The smallest absolute Gasteiger partial charge is 0.166 e. The van der Waals surface area contributed by atoms with E-state index in [1.54, 1.807) is 0 Å². The van der Waals surface area contributed by atoms with Crippen molar-refractivity contribution in [3.63, 3.8) is 0 Å². The largest absolute Gasteiger partial charge is 0.375 e. The maximum atomic E-state index is 12.8. The van der Waals surface area contributed by atoms with Crippen molar-refractivity contribution in [1.29, 1.82) is 0 Å². The number of ketones is 1. The lowest BCUT2D eigenvalue weighted by Gasteiger charge is -2.42. The Morgan fingerprint density at radius 3 is 2.67 bits per heavy atom. The molecule has 2 nitrogen and oxygen atoms in total. The summed E-state index contributed by atoms with van der Waals surface area (Å²) < 4.78 is 6.09. The average molecular weight is 304 g/mol. The number of Topliss-reactive ketones (excluding diaryl/α,β-unsaturated/α-hetero) is 1. The summed E-state index contributed by atoms with van der Waals surface area (Å²) in [6.07, 6.45) is 5.03. The first-order chi connectivity index (χ1) is 10.2. The van der Waals surface area contributed by atoms with Crippen LogP contribution < -0.4 is 0 Å². The molecule has 0 radical (unpaired) electrons. The molecule has 0 N–H and O–H groups in total. The van der Waals surface area contributed by atoms with Crippen LogP contribution in [0.1, 0.15) is 48.5 Å². The van der Waals surface area contributed by atoms with E-state index >= 15 is 0 Å². The molecule has 0 aliphatic carbocycles. The van der Waals surface area contributed by atoms with Gasteiger partial charge in [0.1, 0.15) is 0 Å². The normalized spacial score (nSPS) is 24.9. The lowest BCUT2D eigenvalue weighted by Crippen LogP contribution is -2.44. The molecule has 2 aliphatic heterocycles. The van der Waals surface area contributed by atoms with Gasteiger partial charge in [-0.05, 0) is 49.2 Å². The Hall–Kier alpha value is -0.800. The fourth-order valence-corrected chi connectivity index (χ4v) is 4.72. The van der Waals surface area contributed by atoms with Crippen molar-refractivity contribution < 1.29 is 9.53 Å². The van der Waals surface area contributed by atoms with E-state index in [1.165, 1.54) is 17.1 Å². The van der Waals surface area contributed by atoms with Crippen molar-refractivity contribution in [2.45, 2.75) is 44.6 Å². The van der Waals surface area contributed by atoms with E-state index in [-0.39, 0.29) is 11.5 Å². The molecule has 114 valence electrons. The summed E-state index contributed by atoms with van der Waals surface area (Å²) in [5.41, 5.74) is 2.16. The van der Waals surface area contributed by atoms with Gasteiger partial charge in [0.2, 0.25) is 0 Å². The average Bonchev–Trinajstić information content (AvgIpc) is 2.55. The highest BCUT2D eigenvalue weighted by Gasteiger charge is 2.40. The van der Waals surface area contributed by atoms with Gasteiger partial charge in [0.15, 0.2) is 5.78 Å². The van der Waals surface area contributed by atoms with Crippen LogP contribution in [-0.4, -0.2) is 29.5 Å². The second kappa shape index (κ2) is 6.53. The van der Waals surface area contributed by atoms with E-state index < -0.39 is 0 Å². The van der Waals surface area contributed by atoms with Crippen LogP contribution in [0.2, 0.25) is 0 Å². The van der Waals surface area contributed by atoms with Crippen LogP contribution in [0.15, 0.2) is 24.3 Å². The Balaban J connectivity index is 1.71. The van der Waals surface area contributed by atoms with E-state index in [9.17, 15) is 4.79 Å². The van der Waals surface area contributed by atoms with Gasteiger partial charge in [-0.2, -0.15) is 11.8 Å². The molecule has 2 saturated heterocycles. The lowest BCUT2D eigenvalue weighted by atomic mass is 9.78. The molecule has 1 spiro atoms. The van der Waals surface area contributed by atoms with Crippen LogP contribution in [0, 0.1) is 5.92 Å². The number of benzene rings is 1. The quantitative estimate of drug-likeness (QED) is 0.786. The zero-order valence-electron chi connectivity index (χ0n) is 12.8. The second-order valence-corrected chi connectivity index (χ2v) is 7.47. The number of rotatable bonds is 3. The van der Waals surface area contributed by atoms with Gasteiger partial charge in [-0.25, -0.2) is 0 Å². The predicted octanol–water partition coefficient (Wildman–Crippen LogP) is 4.12. The number of ether oxygens (including phenoxy) is 1. The molecule has 1 unspecified atom stereocenters. The van der Waals surface area contributed by atoms with Crippen LogP contribution >= 0.6 is 11.8 Å². The fourth-order valence-electron chi connectivity index (χ4n) is 3.48. The van der Waals surface area contributed by atoms with Gasteiger partial charge >= 0.3 is 0 Å². The molecule has 0 bridgehead atoms. The van der Waals surface area contributed by atoms with Crippen molar-refractivity contribution in [3.05, 3.63) is 35.4 Å². The third-order valence-electron chi connectivity index (χ3n) is 4.91. The Morgan fingerprint density at radius 1 is 1.29 bits per heavy atom. The summed E-state index contributed by atoms with van der Waals surface area (Å²) in [4.78, 5) is 12.8. The first kappa shape index (κ1) is 15.1. The van der Waals surface area contributed by atoms with Crippen molar-refractivity contribution in [2.75, 3.05) is 18.1 Å². The molecule has 0 amide bonds. The van der Waals surface area contributed by atoms with E-state index in [1.807, 2.05) is 23.9 Å². The van der Waals surface area contributed by atoms with Gasteiger partial charge < -0.3 is 4.74 Å². The summed E-state index contributed by atoms with van der Waals surface area (Å²) in [6.45, 7) is 2.88. The first-order valence-electron chi connectivity index (χ1n) is 8.07. The molecule has 3 heteroatoms. The number of hydrogen-bond donors (Lipinski definition) is 0. The summed E-state index contributed by atoms with van der Waals surface area (Å²) in [5.74, 6) is 2.81. The van der Waals surface area contributed by atoms with Crippen molar-refractivity contribution in [1.82, 2.24) is 0 Å². The molecule has 2 heterocycles. The maximum absolute atomic E-state index is 12.8. The molecule has 1 atom stereocenters. The number of hydrogen-bond acceptors (Lipinski definition) is 3. The molecule has 1 aromatic carbocycles. The summed E-state index contributed by atoms with van der Waals surface area (Å²) in [6, 6.07) is 8.17. The highest BCUT2D eigenvalue weighted by Crippen LogP contribution is 2.40. The van der Waals surface area contributed by atoms with Gasteiger partial charge in [0, 0.05) is 18.1 Å². The van der Waals surface area contributed by atoms with Gasteiger partial charge in [0.05, 0.1) is 5.60 Å². The molecular weight excluding hydrogens is 280 g/mol. The van der Waals surface area contributed by atoms with Gasteiger partial charge in [0.25, 0.3) is 0 Å². The lowest BCUT2D eigenvalue weighted by molar-refractivity contribution is -0.0959. The van der Waals surface area contributed by atoms with E-state index in [4.69, 9.17) is 4.74 Å². The minimum atomic E-state index is -0.00676. The van der Waals surface area contributed by atoms with Gasteiger partial charge in [-0.3, -0.25) is 4.79 Å². The first-order valence-corrected chi connectivity index (χ1v) is 9.23. The Kier molecular flexibility index (Phi) is 4.70. The number of carbonyl (C=O) groups is 1. The molecule has 2 aliphatic rings.